The zero-order valence-corrected chi connectivity index (χ0v) is 15.9. The number of carbonyl (C=O) groups excluding carboxylic acids is 1. The molecule has 146 valence electrons. The van der Waals surface area contributed by atoms with Gasteiger partial charge in [-0.15, -0.1) is 0 Å². The number of rotatable bonds is 5. The third kappa shape index (κ3) is 4.11. The van der Waals surface area contributed by atoms with Crippen molar-refractivity contribution in [2.45, 2.75) is 25.7 Å². The lowest BCUT2D eigenvalue weighted by atomic mass is 9.95. The third-order valence-corrected chi connectivity index (χ3v) is 4.95. The first-order valence-corrected chi connectivity index (χ1v) is 9.73. The average Bonchev–Trinajstić information content (AvgIpc) is 2.79. The van der Waals surface area contributed by atoms with E-state index in [-0.39, 0.29) is 5.56 Å². The van der Waals surface area contributed by atoms with Crippen LogP contribution in [-0.4, -0.2) is 16.1 Å². The molecule has 3 aromatic rings. The zero-order chi connectivity index (χ0) is 20.1. The van der Waals surface area contributed by atoms with Gasteiger partial charge in [-0.2, -0.15) is 5.10 Å². The second-order valence-electron chi connectivity index (χ2n) is 6.94. The molecule has 1 amide bonds. The monoisotopic (exact) mass is 386 g/mol. The van der Waals surface area contributed by atoms with Crippen LogP contribution in [0.4, 0.5) is 0 Å². The van der Waals surface area contributed by atoms with Crippen LogP contribution in [0, 0.1) is 0 Å². The molecule has 1 aromatic heterocycles. The normalized spacial score (nSPS) is 13.4. The molecule has 6 heteroatoms. The van der Waals surface area contributed by atoms with Crippen LogP contribution >= 0.6 is 0 Å². The summed E-state index contributed by atoms with van der Waals surface area (Å²) in [4.78, 5) is 25.7. The summed E-state index contributed by atoms with van der Waals surface area (Å²) in [7, 11) is 0. The van der Waals surface area contributed by atoms with E-state index in [1.54, 1.807) is 0 Å². The lowest BCUT2D eigenvalue weighted by Gasteiger charge is -2.17. The summed E-state index contributed by atoms with van der Waals surface area (Å²) in [6, 6.07) is 18.9. The highest BCUT2D eigenvalue weighted by atomic mass is 16.2. The van der Waals surface area contributed by atoms with Crippen LogP contribution in [0.15, 0.2) is 77.2 Å². The van der Waals surface area contributed by atoms with Crippen LogP contribution in [0.3, 0.4) is 0 Å². The highest BCUT2D eigenvalue weighted by Gasteiger charge is 2.23. The Hall–Kier alpha value is -3.67. The summed E-state index contributed by atoms with van der Waals surface area (Å²) in [5, 5.41) is 6.76. The maximum absolute atomic E-state index is 13.0. The summed E-state index contributed by atoms with van der Waals surface area (Å²) in [5.74, 6) is -0.490. The van der Waals surface area contributed by atoms with E-state index in [9.17, 15) is 9.59 Å². The molecule has 0 saturated carbocycles. The van der Waals surface area contributed by atoms with Gasteiger partial charge in [0.1, 0.15) is 5.56 Å². The van der Waals surface area contributed by atoms with Gasteiger partial charge < -0.3 is 5.43 Å². The number of allylic oxidation sites excluding steroid dienone is 2. The second kappa shape index (κ2) is 8.56. The molecule has 6 nitrogen and oxygen atoms in total. The van der Waals surface area contributed by atoms with Crippen LogP contribution in [0.2, 0.25) is 0 Å². The van der Waals surface area contributed by atoms with Crippen molar-refractivity contribution in [1.29, 1.82) is 0 Å². The first kappa shape index (κ1) is 18.7. The molecule has 0 fully saturated rings. The van der Waals surface area contributed by atoms with Gasteiger partial charge in [-0.25, -0.2) is 5.10 Å². The Kier molecular flexibility index (Phi) is 5.52. The van der Waals surface area contributed by atoms with Crippen LogP contribution in [0.1, 0.15) is 36.0 Å². The number of nitrogens with one attached hydrogen (secondary N) is 3. The lowest BCUT2D eigenvalue weighted by molar-refractivity contribution is 0.0937. The SMILES string of the molecule is O=C(NNC1=CCCCC1)c1c(-c2ccccc2)c(-c2ccccc2)n[nH]c1=O. The van der Waals surface area contributed by atoms with Crippen LogP contribution in [0.5, 0.6) is 0 Å². The number of nitrogens with zero attached hydrogens (tertiary/aromatic N) is 1. The fourth-order valence-corrected chi connectivity index (χ4v) is 3.51. The topological polar surface area (TPSA) is 86.9 Å². The van der Waals surface area contributed by atoms with Gasteiger partial charge in [-0.05, 0) is 31.2 Å². The largest absolute Gasteiger partial charge is 0.303 e. The molecule has 0 unspecified atom stereocenters. The molecule has 2 aromatic carbocycles. The van der Waals surface area contributed by atoms with E-state index in [1.807, 2.05) is 60.7 Å². The van der Waals surface area contributed by atoms with E-state index in [2.05, 4.69) is 27.1 Å². The molecule has 1 aliphatic rings. The number of H-pyrrole nitrogens is 1. The highest BCUT2D eigenvalue weighted by Crippen LogP contribution is 2.31. The van der Waals surface area contributed by atoms with Crippen LogP contribution in [0.25, 0.3) is 22.4 Å². The van der Waals surface area contributed by atoms with Gasteiger partial charge in [0.2, 0.25) is 0 Å². The summed E-state index contributed by atoms with van der Waals surface area (Å²) in [6.07, 6.45) is 6.18. The third-order valence-electron chi connectivity index (χ3n) is 4.95. The molecule has 3 N–H and O–H groups in total. The number of hydrazine groups is 1. The van der Waals surface area contributed by atoms with Crippen molar-refractivity contribution in [2.24, 2.45) is 0 Å². The lowest BCUT2D eigenvalue weighted by Crippen LogP contribution is -2.40. The van der Waals surface area contributed by atoms with Crippen molar-refractivity contribution >= 4 is 5.91 Å². The smallest absolute Gasteiger partial charge is 0.277 e. The van der Waals surface area contributed by atoms with Gasteiger partial charge in [-0.1, -0.05) is 66.7 Å². The minimum atomic E-state index is -0.527. The number of carbonyl (C=O) groups is 1. The van der Waals surface area contributed by atoms with E-state index in [4.69, 9.17) is 0 Å². The minimum absolute atomic E-state index is 0.0361. The average molecular weight is 386 g/mol. The second-order valence-corrected chi connectivity index (χ2v) is 6.94. The maximum Gasteiger partial charge on any atom is 0.277 e. The Bertz CT molecular complexity index is 1090. The molecule has 0 bridgehead atoms. The van der Waals surface area contributed by atoms with Crippen LogP contribution < -0.4 is 16.4 Å². The Morgan fingerprint density at radius 2 is 1.62 bits per heavy atom. The van der Waals surface area contributed by atoms with E-state index < -0.39 is 11.5 Å². The number of aromatic nitrogens is 2. The summed E-state index contributed by atoms with van der Waals surface area (Å²) < 4.78 is 0. The van der Waals surface area contributed by atoms with E-state index in [0.29, 0.717) is 11.3 Å². The molecule has 0 radical (unpaired) electrons. The van der Waals surface area contributed by atoms with Gasteiger partial charge in [0.15, 0.2) is 0 Å². The predicted octanol–water partition coefficient (Wildman–Crippen LogP) is 3.80. The number of hydrogen-bond acceptors (Lipinski definition) is 4. The predicted molar refractivity (Wildman–Crippen MR) is 113 cm³/mol. The summed E-state index contributed by atoms with van der Waals surface area (Å²) in [6.45, 7) is 0. The molecular formula is C23H22N4O2. The van der Waals surface area contributed by atoms with Crippen molar-refractivity contribution < 1.29 is 4.79 Å². The van der Waals surface area contributed by atoms with Gasteiger partial charge in [0.25, 0.3) is 11.5 Å². The molecule has 1 heterocycles. The Morgan fingerprint density at radius 3 is 2.28 bits per heavy atom. The van der Waals surface area contributed by atoms with Gasteiger partial charge in [-0.3, -0.25) is 15.0 Å². The molecule has 29 heavy (non-hydrogen) atoms. The fourth-order valence-electron chi connectivity index (χ4n) is 3.51. The Labute approximate surface area is 168 Å². The van der Waals surface area contributed by atoms with Crippen LogP contribution in [-0.2, 0) is 0 Å². The number of amides is 1. The molecule has 0 saturated heterocycles. The van der Waals surface area contributed by atoms with Crippen molar-refractivity contribution in [3.8, 4) is 22.4 Å². The minimum Gasteiger partial charge on any atom is -0.303 e. The quantitative estimate of drug-likeness (QED) is 0.582. The number of hydrogen-bond donors (Lipinski definition) is 3. The van der Waals surface area contributed by atoms with Crippen molar-refractivity contribution in [3.05, 3.63) is 88.4 Å². The number of benzene rings is 2. The standard InChI is InChI=1S/C23H22N4O2/c28-22(26-24-18-14-8-3-9-15-18)20-19(16-10-4-1-5-11-16)21(25-27-23(20)29)17-12-6-2-7-13-17/h1-2,4-7,10-14,24H,3,8-9,15H2,(H,26,28)(H,27,29). The molecule has 0 aliphatic heterocycles. The van der Waals surface area contributed by atoms with Gasteiger partial charge >= 0.3 is 0 Å². The number of aromatic amines is 1. The first-order chi connectivity index (χ1) is 14.2. The van der Waals surface area contributed by atoms with E-state index in [0.717, 1.165) is 42.5 Å². The Balaban J connectivity index is 1.79. The van der Waals surface area contributed by atoms with E-state index >= 15 is 0 Å². The molecule has 4 rings (SSSR count). The first-order valence-electron chi connectivity index (χ1n) is 9.73. The maximum atomic E-state index is 13.0. The van der Waals surface area contributed by atoms with Gasteiger partial charge in [0, 0.05) is 16.8 Å². The molecular weight excluding hydrogens is 364 g/mol. The molecule has 0 spiro atoms. The van der Waals surface area contributed by atoms with E-state index in [1.165, 1.54) is 0 Å². The van der Waals surface area contributed by atoms with Crippen molar-refractivity contribution in [2.75, 3.05) is 0 Å². The fraction of sp³-hybridized carbons (Fsp3) is 0.174. The summed E-state index contributed by atoms with van der Waals surface area (Å²) >= 11 is 0. The Morgan fingerprint density at radius 1 is 0.931 bits per heavy atom. The highest BCUT2D eigenvalue weighted by molar-refractivity contribution is 6.03. The van der Waals surface area contributed by atoms with Crippen molar-refractivity contribution in [3.63, 3.8) is 0 Å². The van der Waals surface area contributed by atoms with Crippen molar-refractivity contribution in [1.82, 2.24) is 21.0 Å². The molecule has 0 atom stereocenters. The summed E-state index contributed by atoms with van der Waals surface area (Å²) in [5.41, 5.74) is 8.79. The molecule has 1 aliphatic carbocycles. The van der Waals surface area contributed by atoms with Gasteiger partial charge in [0.05, 0.1) is 5.69 Å². The zero-order valence-electron chi connectivity index (χ0n) is 15.9.